The van der Waals surface area contributed by atoms with Crippen LogP contribution in [0, 0.1) is 12.7 Å². The van der Waals surface area contributed by atoms with E-state index in [1.54, 1.807) is 27.7 Å². The van der Waals surface area contributed by atoms with Gasteiger partial charge in [-0.25, -0.2) is 17.5 Å². The molecule has 0 aliphatic carbocycles. The van der Waals surface area contributed by atoms with Crippen LogP contribution >= 0.6 is 0 Å². The van der Waals surface area contributed by atoms with Crippen molar-refractivity contribution in [1.29, 1.82) is 0 Å². The van der Waals surface area contributed by atoms with Crippen molar-refractivity contribution in [2.45, 2.75) is 38.9 Å². The van der Waals surface area contributed by atoms with Crippen LogP contribution in [0.2, 0.25) is 0 Å². The largest absolute Gasteiger partial charge is 0.306 e. The summed E-state index contributed by atoms with van der Waals surface area (Å²) < 4.78 is 40.1. The van der Waals surface area contributed by atoms with E-state index in [1.807, 2.05) is 19.3 Å². The molecule has 9 heteroatoms. The van der Waals surface area contributed by atoms with Crippen molar-refractivity contribution >= 4 is 9.84 Å². The van der Waals surface area contributed by atoms with Crippen LogP contribution < -0.4 is 5.32 Å². The molecule has 0 bridgehead atoms. The Morgan fingerprint density at radius 1 is 1.24 bits per heavy atom. The van der Waals surface area contributed by atoms with Gasteiger partial charge in [-0.1, -0.05) is 0 Å². The molecule has 3 aromatic rings. The van der Waals surface area contributed by atoms with Gasteiger partial charge in [-0.05, 0) is 44.5 Å². The van der Waals surface area contributed by atoms with Crippen molar-refractivity contribution in [1.82, 2.24) is 24.9 Å². The Balaban J connectivity index is 1.40. The van der Waals surface area contributed by atoms with E-state index >= 15 is 0 Å². The van der Waals surface area contributed by atoms with Crippen LogP contribution in [0.3, 0.4) is 0 Å². The van der Waals surface area contributed by atoms with E-state index in [0.717, 1.165) is 22.5 Å². The second-order valence-electron chi connectivity index (χ2n) is 7.56. The smallest absolute Gasteiger partial charge is 0.152 e. The lowest BCUT2D eigenvalue weighted by Crippen LogP contribution is -2.18. The highest BCUT2D eigenvalue weighted by molar-refractivity contribution is 7.91. The molecule has 1 aliphatic heterocycles. The van der Waals surface area contributed by atoms with Gasteiger partial charge < -0.3 is 5.32 Å². The Morgan fingerprint density at radius 3 is 2.69 bits per heavy atom. The molecule has 1 fully saturated rings. The van der Waals surface area contributed by atoms with E-state index < -0.39 is 9.84 Å². The lowest BCUT2D eigenvalue weighted by Gasteiger charge is -2.13. The van der Waals surface area contributed by atoms with Gasteiger partial charge in [0.2, 0.25) is 0 Å². The van der Waals surface area contributed by atoms with Crippen LogP contribution in [-0.4, -0.2) is 39.5 Å². The predicted molar refractivity (Wildman–Crippen MR) is 108 cm³/mol. The van der Waals surface area contributed by atoms with E-state index in [1.165, 1.54) is 12.1 Å². The van der Waals surface area contributed by atoms with Gasteiger partial charge in [0.1, 0.15) is 5.82 Å². The molecule has 7 nitrogen and oxygen atoms in total. The Labute approximate surface area is 169 Å². The summed E-state index contributed by atoms with van der Waals surface area (Å²) >= 11 is 0. The number of sulfone groups is 1. The summed E-state index contributed by atoms with van der Waals surface area (Å²) in [5, 5.41) is 12.3. The number of nitrogens with one attached hydrogen (secondary N) is 1. The molecule has 1 N–H and O–H groups in total. The van der Waals surface area contributed by atoms with Gasteiger partial charge in [0.15, 0.2) is 9.84 Å². The molecule has 1 aromatic carbocycles. The standard InChI is InChI=1S/C20H24FN5O2S/c1-14(20-11-24-26(15(20)2)18-5-3-17(21)4-6-18)22-9-16-10-23-25(12-16)19-7-8-29(27,28)13-19/h3-6,10-12,14,19,22H,7-9,13H2,1-2H3/t14-,19-/m1/s1. The molecule has 1 aliphatic rings. The quantitative estimate of drug-likeness (QED) is 0.667. The molecule has 2 atom stereocenters. The van der Waals surface area contributed by atoms with Crippen molar-refractivity contribution < 1.29 is 12.8 Å². The topological polar surface area (TPSA) is 81.8 Å². The highest BCUT2D eigenvalue weighted by atomic mass is 32.2. The number of nitrogens with zero attached hydrogens (tertiary/aromatic N) is 4. The van der Waals surface area contributed by atoms with E-state index in [-0.39, 0.29) is 29.4 Å². The molecule has 0 spiro atoms. The van der Waals surface area contributed by atoms with Crippen LogP contribution in [0.4, 0.5) is 4.39 Å². The number of halogens is 1. The predicted octanol–water partition coefficient (Wildman–Crippen LogP) is 2.73. The first kappa shape index (κ1) is 19.8. The summed E-state index contributed by atoms with van der Waals surface area (Å²) in [6.07, 6.45) is 6.14. The van der Waals surface area contributed by atoms with Gasteiger partial charge >= 0.3 is 0 Å². The van der Waals surface area contributed by atoms with Gasteiger partial charge in [0, 0.05) is 35.6 Å². The first-order chi connectivity index (χ1) is 13.8. The number of hydrogen-bond donors (Lipinski definition) is 1. The fourth-order valence-electron chi connectivity index (χ4n) is 3.72. The first-order valence-electron chi connectivity index (χ1n) is 9.60. The van der Waals surface area contributed by atoms with Gasteiger partial charge in [-0.2, -0.15) is 10.2 Å². The number of rotatable bonds is 6. The second kappa shape index (κ2) is 7.72. The van der Waals surface area contributed by atoms with Crippen LogP contribution in [0.5, 0.6) is 0 Å². The lowest BCUT2D eigenvalue weighted by atomic mass is 10.1. The summed E-state index contributed by atoms with van der Waals surface area (Å²) in [6, 6.07) is 6.24. The van der Waals surface area contributed by atoms with E-state index in [2.05, 4.69) is 22.4 Å². The lowest BCUT2D eigenvalue weighted by molar-refractivity contribution is 0.498. The molecule has 0 saturated carbocycles. The monoisotopic (exact) mass is 417 g/mol. The zero-order chi connectivity index (χ0) is 20.6. The van der Waals surface area contributed by atoms with Crippen molar-refractivity contribution in [3.05, 3.63) is 65.5 Å². The Bertz CT molecular complexity index is 1100. The Hall–Kier alpha value is -2.52. The average Bonchev–Trinajstić information content (AvgIpc) is 3.39. The van der Waals surface area contributed by atoms with Gasteiger partial charge in [-0.15, -0.1) is 0 Å². The number of aromatic nitrogens is 4. The maximum absolute atomic E-state index is 13.2. The van der Waals surface area contributed by atoms with E-state index in [4.69, 9.17) is 0 Å². The third kappa shape index (κ3) is 4.25. The molecule has 0 unspecified atom stereocenters. The Morgan fingerprint density at radius 2 is 2.00 bits per heavy atom. The van der Waals surface area contributed by atoms with Crippen molar-refractivity contribution in [2.75, 3.05) is 11.5 Å². The van der Waals surface area contributed by atoms with Crippen molar-refractivity contribution in [3.63, 3.8) is 0 Å². The maximum Gasteiger partial charge on any atom is 0.152 e. The molecule has 0 radical (unpaired) electrons. The van der Waals surface area contributed by atoms with Crippen LogP contribution in [-0.2, 0) is 16.4 Å². The highest BCUT2D eigenvalue weighted by Crippen LogP contribution is 2.24. The van der Waals surface area contributed by atoms with Crippen LogP contribution in [0.25, 0.3) is 5.69 Å². The fraction of sp³-hybridized carbons (Fsp3) is 0.400. The maximum atomic E-state index is 13.2. The van der Waals surface area contributed by atoms with Gasteiger partial charge in [0.05, 0.1) is 35.6 Å². The van der Waals surface area contributed by atoms with Crippen LogP contribution in [0.1, 0.15) is 42.2 Å². The number of benzene rings is 1. The SMILES string of the molecule is Cc1c([C@@H](C)NCc2cnn([C@@H]3CCS(=O)(=O)C3)c2)cnn1-c1ccc(F)cc1. The first-order valence-corrected chi connectivity index (χ1v) is 11.4. The molecule has 3 heterocycles. The molecular formula is C20H24FN5O2S. The second-order valence-corrected chi connectivity index (χ2v) is 9.79. The molecule has 29 heavy (non-hydrogen) atoms. The molecular weight excluding hydrogens is 393 g/mol. The molecule has 2 aromatic heterocycles. The normalized spacial score (nSPS) is 19.5. The zero-order valence-electron chi connectivity index (χ0n) is 16.4. The van der Waals surface area contributed by atoms with Gasteiger partial charge in [-0.3, -0.25) is 4.68 Å². The van der Waals surface area contributed by atoms with Gasteiger partial charge in [0.25, 0.3) is 0 Å². The third-order valence-electron chi connectivity index (χ3n) is 5.44. The van der Waals surface area contributed by atoms with Crippen molar-refractivity contribution in [2.24, 2.45) is 0 Å². The summed E-state index contributed by atoms with van der Waals surface area (Å²) in [7, 11) is -2.93. The minimum Gasteiger partial charge on any atom is -0.306 e. The molecule has 1 saturated heterocycles. The van der Waals surface area contributed by atoms with Crippen molar-refractivity contribution in [3.8, 4) is 5.69 Å². The third-order valence-corrected chi connectivity index (χ3v) is 7.19. The van der Waals surface area contributed by atoms with Crippen LogP contribution in [0.15, 0.2) is 42.9 Å². The molecule has 4 rings (SSSR count). The molecule has 154 valence electrons. The Kier molecular flexibility index (Phi) is 5.26. The van der Waals surface area contributed by atoms with E-state index in [0.29, 0.717) is 13.0 Å². The highest BCUT2D eigenvalue weighted by Gasteiger charge is 2.29. The fourth-order valence-corrected chi connectivity index (χ4v) is 5.43. The minimum absolute atomic E-state index is 0.0550. The summed E-state index contributed by atoms with van der Waals surface area (Å²) in [6.45, 7) is 4.66. The minimum atomic E-state index is -2.93. The summed E-state index contributed by atoms with van der Waals surface area (Å²) in [4.78, 5) is 0. The number of hydrogen-bond acceptors (Lipinski definition) is 5. The average molecular weight is 418 g/mol. The summed E-state index contributed by atoms with van der Waals surface area (Å²) in [5.41, 5.74) is 3.87. The molecule has 0 amide bonds. The summed E-state index contributed by atoms with van der Waals surface area (Å²) in [5.74, 6) is 0.128. The van der Waals surface area contributed by atoms with E-state index in [9.17, 15) is 12.8 Å². The zero-order valence-corrected chi connectivity index (χ0v) is 17.2.